The van der Waals surface area contributed by atoms with E-state index in [9.17, 15) is 19.0 Å². The van der Waals surface area contributed by atoms with Crippen LogP contribution < -0.4 is 4.90 Å². The van der Waals surface area contributed by atoms with Crippen LogP contribution >= 0.6 is 0 Å². The van der Waals surface area contributed by atoms with E-state index >= 15 is 0 Å². The Balaban J connectivity index is 1.69. The smallest absolute Gasteiger partial charge is 0.165 e. The maximum atomic E-state index is 14.0. The van der Waals surface area contributed by atoms with Crippen LogP contribution in [0.15, 0.2) is 24.8 Å². The van der Waals surface area contributed by atoms with Gasteiger partial charge in [0, 0.05) is 31.1 Å². The summed E-state index contributed by atoms with van der Waals surface area (Å²) in [5, 5.41) is 19.1. The van der Waals surface area contributed by atoms with Gasteiger partial charge in [-0.15, -0.1) is 0 Å². The Morgan fingerprint density at radius 1 is 1.14 bits per heavy atom. The van der Waals surface area contributed by atoms with Gasteiger partial charge in [0.25, 0.3) is 0 Å². The number of halogens is 2. The first-order valence-electron chi connectivity index (χ1n) is 9.03. The quantitative estimate of drug-likeness (QED) is 0.690. The molecule has 0 radical (unpaired) electrons. The number of hydrogen-bond donors (Lipinski definition) is 2. The van der Waals surface area contributed by atoms with Crippen molar-refractivity contribution >= 4 is 17.0 Å². The van der Waals surface area contributed by atoms with E-state index in [-0.39, 0.29) is 13.2 Å². The van der Waals surface area contributed by atoms with E-state index in [0.717, 1.165) is 6.07 Å². The van der Waals surface area contributed by atoms with Crippen molar-refractivity contribution in [3.05, 3.63) is 47.5 Å². The number of aliphatic hydroxyl groups excluding tert-OH is 2. The second-order valence-corrected chi connectivity index (χ2v) is 7.57. The molecule has 0 unspecified atom stereocenters. The van der Waals surface area contributed by atoms with Crippen molar-refractivity contribution in [1.82, 2.24) is 19.5 Å². The minimum Gasteiger partial charge on any atom is -0.396 e. The van der Waals surface area contributed by atoms with E-state index in [1.807, 2.05) is 4.90 Å². The molecule has 2 aromatic heterocycles. The number of aliphatic hydroxyl groups is 2. The maximum absolute atomic E-state index is 14.0. The molecule has 0 atom stereocenters. The lowest BCUT2D eigenvalue weighted by Gasteiger charge is -2.30. The first-order chi connectivity index (χ1) is 13.4. The Morgan fingerprint density at radius 3 is 2.68 bits per heavy atom. The molecule has 7 nitrogen and oxygen atoms in total. The van der Waals surface area contributed by atoms with Gasteiger partial charge in [0.1, 0.15) is 18.0 Å². The van der Waals surface area contributed by atoms with Crippen molar-refractivity contribution in [2.24, 2.45) is 5.41 Å². The van der Waals surface area contributed by atoms with Gasteiger partial charge in [-0.2, -0.15) is 0 Å². The molecule has 3 heterocycles. The molecule has 0 amide bonds. The molecule has 0 saturated carbocycles. The summed E-state index contributed by atoms with van der Waals surface area (Å²) in [4.78, 5) is 15.0. The van der Waals surface area contributed by atoms with E-state index in [0.29, 0.717) is 54.2 Å². The van der Waals surface area contributed by atoms with Crippen LogP contribution in [0.25, 0.3) is 11.2 Å². The van der Waals surface area contributed by atoms with Crippen LogP contribution in [0.2, 0.25) is 0 Å². The number of anilines is 1. The number of benzene rings is 1. The minimum atomic E-state index is -0.710. The second kappa shape index (κ2) is 7.06. The standard InChI is InChI=1S/C19H21F2N5O2/c1-19(8-27,9-28)7-26-11-24-16-17(22-10-23-18(16)26)25-3-2-14-12(6-25)4-13(20)5-15(14)21/h4-5,10-11,27-28H,2-3,6-9H2,1H3. The SMILES string of the molecule is CC(CO)(CO)Cn1cnc2c(N3CCc4c(F)cc(F)cc4C3)ncnc21. The van der Waals surface area contributed by atoms with E-state index in [4.69, 9.17) is 0 Å². The Bertz CT molecular complexity index is 1020. The molecule has 3 aromatic rings. The van der Waals surface area contributed by atoms with Crippen LogP contribution in [-0.2, 0) is 19.5 Å². The highest BCUT2D eigenvalue weighted by Gasteiger charge is 2.27. The van der Waals surface area contributed by atoms with Gasteiger partial charge >= 0.3 is 0 Å². The number of hydrogen-bond acceptors (Lipinski definition) is 6. The normalized spacial score (nSPS) is 14.5. The molecule has 9 heteroatoms. The molecule has 28 heavy (non-hydrogen) atoms. The van der Waals surface area contributed by atoms with Gasteiger partial charge in [-0.25, -0.2) is 23.7 Å². The number of rotatable bonds is 5. The Hall–Kier alpha value is -2.65. The molecule has 1 aliphatic rings. The minimum absolute atomic E-state index is 0.179. The summed E-state index contributed by atoms with van der Waals surface area (Å²) in [6.45, 7) is 2.60. The van der Waals surface area contributed by atoms with Crippen LogP contribution in [0.3, 0.4) is 0 Å². The fourth-order valence-corrected chi connectivity index (χ4v) is 3.57. The molecule has 0 bridgehead atoms. The third-order valence-corrected chi connectivity index (χ3v) is 5.24. The summed E-state index contributed by atoms with van der Waals surface area (Å²) >= 11 is 0. The van der Waals surface area contributed by atoms with Crippen molar-refractivity contribution in [3.8, 4) is 0 Å². The first-order valence-corrected chi connectivity index (χ1v) is 9.03. The zero-order valence-electron chi connectivity index (χ0n) is 15.4. The lowest BCUT2D eigenvalue weighted by Crippen LogP contribution is -2.32. The first kappa shape index (κ1) is 18.7. The lowest BCUT2D eigenvalue weighted by molar-refractivity contribution is 0.0562. The predicted molar refractivity (Wildman–Crippen MR) is 98.7 cm³/mol. The lowest BCUT2D eigenvalue weighted by atomic mass is 9.93. The summed E-state index contributed by atoms with van der Waals surface area (Å²) in [6.07, 6.45) is 3.47. The highest BCUT2D eigenvalue weighted by atomic mass is 19.1. The highest BCUT2D eigenvalue weighted by molar-refractivity contribution is 5.83. The predicted octanol–water partition coefficient (Wildman–Crippen LogP) is 1.66. The molecular weight excluding hydrogens is 368 g/mol. The number of fused-ring (bicyclic) bond motifs is 2. The van der Waals surface area contributed by atoms with Gasteiger partial charge < -0.3 is 19.7 Å². The molecule has 2 N–H and O–H groups in total. The summed E-state index contributed by atoms with van der Waals surface area (Å²) < 4.78 is 29.4. The Kier molecular flexibility index (Phi) is 4.72. The van der Waals surface area contributed by atoms with Crippen LogP contribution in [0, 0.1) is 17.0 Å². The summed E-state index contributed by atoms with van der Waals surface area (Å²) in [6, 6.07) is 2.27. The Labute approximate surface area is 160 Å². The zero-order chi connectivity index (χ0) is 19.9. The third kappa shape index (κ3) is 3.20. The summed E-state index contributed by atoms with van der Waals surface area (Å²) in [5.74, 6) is -0.518. The van der Waals surface area contributed by atoms with E-state index in [2.05, 4.69) is 15.0 Å². The van der Waals surface area contributed by atoms with Gasteiger partial charge in [0.15, 0.2) is 17.0 Å². The summed E-state index contributed by atoms with van der Waals surface area (Å²) in [5.41, 5.74) is 1.58. The van der Waals surface area contributed by atoms with Crippen LogP contribution in [-0.4, -0.2) is 49.5 Å². The van der Waals surface area contributed by atoms with E-state index in [1.54, 1.807) is 17.8 Å². The van der Waals surface area contributed by atoms with Crippen molar-refractivity contribution in [3.63, 3.8) is 0 Å². The van der Waals surface area contributed by atoms with Crippen LogP contribution in [0.4, 0.5) is 14.6 Å². The maximum Gasteiger partial charge on any atom is 0.165 e. The fraction of sp³-hybridized carbons (Fsp3) is 0.421. The number of aromatic nitrogens is 4. The average Bonchev–Trinajstić information content (AvgIpc) is 3.10. The van der Waals surface area contributed by atoms with E-state index in [1.165, 1.54) is 12.4 Å². The van der Waals surface area contributed by atoms with Gasteiger partial charge in [-0.05, 0) is 23.6 Å². The van der Waals surface area contributed by atoms with Gasteiger partial charge in [0.05, 0.1) is 19.5 Å². The molecule has 1 aliphatic heterocycles. The van der Waals surface area contributed by atoms with Crippen molar-refractivity contribution in [2.45, 2.75) is 26.4 Å². The molecule has 0 spiro atoms. The monoisotopic (exact) mass is 389 g/mol. The van der Waals surface area contributed by atoms with Gasteiger partial charge in [-0.1, -0.05) is 6.92 Å². The van der Waals surface area contributed by atoms with Crippen molar-refractivity contribution in [2.75, 3.05) is 24.7 Å². The molecule has 0 saturated heterocycles. The second-order valence-electron chi connectivity index (χ2n) is 7.57. The van der Waals surface area contributed by atoms with Crippen molar-refractivity contribution in [1.29, 1.82) is 0 Å². The van der Waals surface area contributed by atoms with Gasteiger partial charge in [-0.3, -0.25) is 0 Å². The number of nitrogens with zero attached hydrogens (tertiary/aromatic N) is 5. The molecule has 4 rings (SSSR count). The molecular formula is C19H21F2N5O2. The van der Waals surface area contributed by atoms with Gasteiger partial charge in [0.2, 0.25) is 0 Å². The largest absolute Gasteiger partial charge is 0.396 e. The molecule has 0 fully saturated rings. The van der Waals surface area contributed by atoms with Crippen LogP contribution in [0.5, 0.6) is 0 Å². The zero-order valence-corrected chi connectivity index (χ0v) is 15.4. The third-order valence-electron chi connectivity index (χ3n) is 5.24. The highest BCUT2D eigenvalue weighted by Crippen LogP contribution is 2.30. The average molecular weight is 389 g/mol. The Morgan fingerprint density at radius 2 is 1.93 bits per heavy atom. The fourth-order valence-electron chi connectivity index (χ4n) is 3.57. The van der Waals surface area contributed by atoms with Crippen molar-refractivity contribution < 1.29 is 19.0 Å². The summed E-state index contributed by atoms with van der Waals surface area (Å²) in [7, 11) is 0. The topological polar surface area (TPSA) is 87.3 Å². The van der Waals surface area contributed by atoms with Crippen LogP contribution in [0.1, 0.15) is 18.1 Å². The van der Waals surface area contributed by atoms with E-state index < -0.39 is 17.0 Å². The molecule has 1 aromatic carbocycles. The number of imidazole rings is 1. The molecule has 148 valence electrons. The molecule has 0 aliphatic carbocycles.